The van der Waals surface area contributed by atoms with Gasteiger partial charge in [-0.15, -0.1) is 0 Å². The van der Waals surface area contributed by atoms with Crippen molar-refractivity contribution in [1.29, 1.82) is 0 Å². The average molecular weight is 215 g/mol. The zero-order valence-corrected chi connectivity index (χ0v) is 10.1. The van der Waals surface area contributed by atoms with Crippen molar-refractivity contribution in [3.05, 3.63) is 0 Å². The van der Waals surface area contributed by atoms with Crippen LogP contribution in [0.3, 0.4) is 0 Å². The van der Waals surface area contributed by atoms with E-state index in [4.69, 9.17) is 4.74 Å². The van der Waals surface area contributed by atoms with Crippen LogP contribution in [0.1, 0.15) is 40.5 Å². The molecular formula is C11H21NO3. The van der Waals surface area contributed by atoms with Gasteiger partial charge in [-0.25, -0.2) is 0 Å². The van der Waals surface area contributed by atoms with Crippen molar-refractivity contribution < 1.29 is 14.3 Å². The summed E-state index contributed by atoms with van der Waals surface area (Å²) in [7, 11) is 0. The summed E-state index contributed by atoms with van der Waals surface area (Å²) in [4.78, 5) is 22.2. The summed E-state index contributed by atoms with van der Waals surface area (Å²) in [5, 5.41) is 2.78. The summed E-state index contributed by atoms with van der Waals surface area (Å²) in [6.45, 7) is 8.26. The van der Waals surface area contributed by atoms with Gasteiger partial charge in [-0.1, -0.05) is 27.7 Å². The number of esters is 1. The zero-order chi connectivity index (χ0) is 11.9. The van der Waals surface area contributed by atoms with Crippen LogP contribution in [-0.2, 0) is 14.3 Å². The Kier molecular flexibility index (Phi) is 5.97. The van der Waals surface area contributed by atoms with Crippen LogP contribution >= 0.6 is 0 Å². The topological polar surface area (TPSA) is 55.4 Å². The third-order valence-corrected chi connectivity index (χ3v) is 1.84. The molecule has 0 saturated carbocycles. The van der Waals surface area contributed by atoms with E-state index in [2.05, 4.69) is 5.32 Å². The van der Waals surface area contributed by atoms with Crippen LogP contribution in [0, 0.1) is 5.41 Å². The molecule has 15 heavy (non-hydrogen) atoms. The molecule has 0 bridgehead atoms. The van der Waals surface area contributed by atoms with E-state index >= 15 is 0 Å². The molecular weight excluding hydrogens is 194 g/mol. The number of carbonyl (C=O) groups is 2. The fourth-order valence-electron chi connectivity index (χ4n) is 0.827. The van der Waals surface area contributed by atoms with Crippen molar-refractivity contribution in [3.8, 4) is 0 Å². The van der Waals surface area contributed by atoms with Gasteiger partial charge >= 0.3 is 5.97 Å². The van der Waals surface area contributed by atoms with Gasteiger partial charge in [0, 0.05) is 18.4 Å². The molecule has 0 aliphatic rings. The first-order chi connectivity index (χ1) is 6.88. The number of rotatable bonds is 5. The van der Waals surface area contributed by atoms with E-state index in [1.807, 2.05) is 20.8 Å². The summed E-state index contributed by atoms with van der Waals surface area (Å²) < 4.78 is 4.87. The Morgan fingerprint density at radius 3 is 2.33 bits per heavy atom. The zero-order valence-electron chi connectivity index (χ0n) is 10.1. The average Bonchev–Trinajstić information content (AvgIpc) is 2.15. The maximum Gasteiger partial charge on any atom is 0.305 e. The Labute approximate surface area is 91.4 Å². The highest BCUT2D eigenvalue weighted by atomic mass is 16.5. The largest absolute Gasteiger partial charge is 0.466 e. The fraction of sp³-hybridized carbons (Fsp3) is 0.818. The van der Waals surface area contributed by atoms with E-state index in [0.29, 0.717) is 26.0 Å². The lowest BCUT2D eigenvalue weighted by molar-refractivity contribution is -0.143. The van der Waals surface area contributed by atoms with Crippen LogP contribution < -0.4 is 5.32 Å². The third kappa shape index (κ3) is 6.94. The molecule has 4 heteroatoms. The molecule has 1 N–H and O–H groups in total. The van der Waals surface area contributed by atoms with Crippen molar-refractivity contribution in [3.63, 3.8) is 0 Å². The second-order valence-electron chi connectivity index (χ2n) is 4.43. The Bertz CT molecular complexity index is 218. The third-order valence-electron chi connectivity index (χ3n) is 1.84. The molecule has 4 nitrogen and oxygen atoms in total. The first-order valence-corrected chi connectivity index (χ1v) is 5.32. The van der Waals surface area contributed by atoms with Gasteiger partial charge in [0.2, 0.25) is 5.91 Å². The van der Waals surface area contributed by atoms with Crippen molar-refractivity contribution >= 4 is 11.9 Å². The molecule has 88 valence electrons. The normalized spacial score (nSPS) is 10.9. The van der Waals surface area contributed by atoms with Crippen molar-refractivity contribution in [2.75, 3.05) is 13.2 Å². The highest BCUT2D eigenvalue weighted by molar-refractivity contribution is 5.81. The van der Waals surface area contributed by atoms with E-state index in [9.17, 15) is 9.59 Å². The summed E-state index contributed by atoms with van der Waals surface area (Å²) >= 11 is 0. The van der Waals surface area contributed by atoms with E-state index in [1.54, 1.807) is 6.92 Å². The van der Waals surface area contributed by atoms with Crippen LogP contribution in [0.15, 0.2) is 0 Å². The number of amides is 1. The van der Waals surface area contributed by atoms with Crippen LogP contribution in [0.5, 0.6) is 0 Å². The molecule has 0 heterocycles. The smallest absolute Gasteiger partial charge is 0.305 e. The van der Waals surface area contributed by atoms with E-state index in [1.165, 1.54) is 0 Å². The first kappa shape index (κ1) is 13.9. The maximum atomic E-state index is 11.4. The van der Waals surface area contributed by atoms with Gasteiger partial charge in [0.05, 0.1) is 6.61 Å². The molecule has 0 unspecified atom stereocenters. The number of hydrogen-bond acceptors (Lipinski definition) is 3. The summed E-state index contributed by atoms with van der Waals surface area (Å²) in [6.07, 6.45) is 1.06. The molecule has 0 spiro atoms. The van der Waals surface area contributed by atoms with Gasteiger partial charge in [0.25, 0.3) is 0 Å². The van der Waals surface area contributed by atoms with Gasteiger partial charge < -0.3 is 10.1 Å². The Balaban J connectivity index is 3.48. The molecule has 0 fully saturated rings. The molecule has 1 amide bonds. The summed E-state index contributed by atoms with van der Waals surface area (Å²) in [6, 6.07) is 0. The Morgan fingerprint density at radius 1 is 1.27 bits per heavy atom. The van der Waals surface area contributed by atoms with Gasteiger partial charge in [-0.2, -0.15) is 0 Å². The number of hydrogen-bond donors (Lipinski definition) is 1. The highest BCUT2D eigenvalue weighted by Crippen LogP contribution is 2.11. The Hall–Kier alpha value is -1.06. The molecule has 0 aromatic carbocycles. The lowest BCUT2D eigenvalue weighted by Crippen LogP contribution is -2.35. The molecule has 0 aliphatic heterocycles. The molecule has 0 radical (unpaired) electrons. The minimum absolute atomic E-state index is 0.0179. The van der Waals surface area contributed by atoms with Crippen LogP contribution in [0.25, 0.3) is 0 Å². The van der Waals surface area contributed by atoms with E-state index in [0.717, 1.165) is 0 Å². The SMILES string of the molecule is CCC(=O)OCCCNC(=O)C(C)(C)C. The Morgan fingerprint density at radius 2 is 1.87 bits per heavy atom. The molecule has 0 saturated heterocycles. The van der Waals surface area contributed by atoms with Crippen LogP contribution in [0.2, 0.25) is 0 Å². The number of nitrogens with one attached hydrogen (secondary N) is 1. The van der Waals surface area contributed by atoms with Crippen LogP contribution in [0.4, 0.5) is 0 Å². The van der Waals surface area contributed by atoms with E-state index < -0.39 is 0 Å². The molecule has 0 atom stereocenters. The standard InChI is InChI=1S/C11H21NO3/c1-5-9(13)15-8-6-7-12-10(14)11(2,3)4/h5-8H2,1-4H3,(H,12,14). The second-order valence-corrected chi connectivity index (χ2v) is 4.43. The van der Waals surface area contributed by atoms with E-state index in [-0.39, 0.29) is 17.3 Å². The quantitative estimate of drug-likeness (QED) is 0.558. The van der Waals surface area contributed by atoms with Gasteiger partial charge in [0.1, 0.15) is 0 Å². The molecule has 0 aromatic heterocycles. The van der Waals surface area contributed by atoms with Crippen LogP contribution in [-0.4, -0.2) is 25.0 Å². The number of carbonyl (C=O) groups excluding carboxylic acids is 2. The maximum absolute atomic E-state index is 11.4. The molecule has 0 rings (SSSR count). The first-order valence-electron chi connectivity index (χ1n) is 5.32. The monoisotopic (exact) mass is 215 g/mol. The summed E-state index contributed by atoms with van der Waals surface area (Å²) in [5.74, 6) is -0.179. The van der Waals surface area contributed by atoms with Crippen molar-refractivity contribution in [1.82, 2.24) is 5.32 Å². The lowest BCUT2D eigenvalue weighted by Gasteiger charge is -2.17. The highest BCUT2D eigenvalue weighted by Gasteiger charge is 2.20. The number of ether oxygens (including phenoxy) is 1. The predicted molar refractivity (Wildman–Crippen MR) is 58.3 cm³/mol. The van der Waals surface area contributed by atoms with Gasteiger partial charge in [-0.05, 0) is 6.42 Å². The van der Waals surface area contributed by atoms with Crippen molar-refractivity contribution in [2.24, 2.45) is 5.41 Å². The molecule has 0 aromatic rings. The minimum atomic E-state index is -0.361. The minimum Gasteiger partial charge on any atom is -0.466 e. The summed E-state index contributed by atoms with van der Waals surface area (Å²) in [5.41, 5.74) is -0.361. The second kappa shape index (κ2) is 6.43. The van der Waals surface area contributed by atoms with Gasteiger partial charge in [-0.3, -0.25) is 9.59 Å². The lowest BCUT2D eigenvalue weighted by atomic mass is 9.96. The fourth-order valence-corrected chi connectivity index (χ4v) is 0.827. The predicted octanol–water partition coefficient (Wildman–Crippen LogP) is 1.49. The van der Waals surface area contributed by atoms with Crippen molar-refractivity contribution in [2.45, 2.75) is 40.5 Å². The van der Waals surface area contributed by atoms with Gasteiger partial charge in [0.15, 0.2) is 0 Å². The molecule has 0 aliphatic carbocycles.